The number of aliphatic hydroxyl groups excluding tert-OH is 1. The topological polar surface area (TPSA) is 35.5 Å². The molecule has 0 aromatic carbocycles. The standard InChI is InChI=1S/C11H22N2O/c1-9-8-13(7-6-12-9)10-4-2-3-5-11(10)14/h9-12,14H,2-8H2,1H3/t9-,10?,11?/m0/s1. The number of hydrogen-bond acceptors (Lipinski definition) is 3. The van der Waals surface area contributed by atoms with Gasteiger partial charge in [-0.25, -0.2) is 0 Å². The summed E-state index contributed by atoms with van der Waals surface area (Å²) in [7, 11) is 0. The Balaban J connectivity index is 1.91. The summed E-state index contributed by atoms with van der Waals surface area (Å²) in [5, 5.41) is 13.4. The van der Waals surface area contributed by atoms with Crippen LogP contribution in [-0.4, -0.2) is 47.8 Å². The fourth-order valence-electron chi connectivity index (χ4n) is 2.78. The van der Waals surface area contributed by atoms with Crippen molar-refractivity contribution >= 4 is 0 Å². The van der Waals surface area contributed by atoms with Crippen molar-refractivity contribution in [2.75, 3.05) is 19.6 Å². The van der Waals surface area contributed by atoms with E-state index in [0.717, 1.165) is 26.1 Å². The first-order valence-corrected chi connectivity index (χ1v) is 5.93. The Labute approximate surface area is 86.5 Å². The molecule has 3 heteroatoms. The van der Waals surface area contributed by atoms with Gasteiger partial charge in [0.05, 0.1) is 6.10 Å². The zero-order valence-corrected chi connectivity index (χ0v) is 9.08. The molecule has 2 fully saturated rings. The molecule has 1 heterocycles. The van der Waals surface area contributed by atoms with Crippen molar-refractivity contribution in [1.82, 2.24) is 10.2 Å². The molecule has 0 spiro atoms. The van der Waals surface area contributed by atoms with E-state index in [1.54, 1.807) is 0 Å². The van der Waals surface area contributed by atoms with Crippen LogP contribution in [0.4, 0.5) is 0 Å². The lowest BCUT2D eigenvalue weighted by atomic mass is 9.90. The summed E-state index contributed by atoms with van der Waals surface area (Å²) in [5.41, 5.74) is 0. The molecule has 1 aliphatic carbocycles. The Morgan fingerprint density at radius 3 is 2.79 bits per heavy atom. The van der Waals surface area contributed by atoms with E-state index in [1.165, 1.54) is 19.3 Å². The van der Waals surface area contributed by atoms with Gasteiger partial charge in [0.25, 0.3) is 0 Å². The predicted molar refractivity (Wildman–Crippen MR) is 57.3 cm³/mol. The van der Waals surface area contributed by atoms with Gasteiger partial charge in [0.1, 0.15) is 0 Å². The minimum atomic E-state index is -0.0750. The molecule has 0 amide bonds. The molecule has 2 rings (SSSR count). The van der Waals surface area contributed by atoms with Gasteiger partial charge in [0, 0.05) is 31.7 Å². The maximum Gasteiger partial charge on any atom is 0.0695 e. The van der Waals surface area contributed by atoms with E-state index in [1.807, 2.05) is 0 Å². The van der Waals surface area contributed by atoms with Gasteiger partial charge in [-0.05, 0) is 19.8 Å². The highest BCUT2D eigenvalue weighted by Crippen LogP contribution is 2.23. The fraction of sp³-hybridized carbons (Fsp3) is 1.00. The van der Waals surface area contributed by atoms with E-state index in [4.69, 9.17) is 0 Å². The normalized spacial score (nSPS) is 41.1. The van der Waals surface area contributed by atoms with Crippen LogP contribution in [0.1, 0.15) is 32.6 Å². The molecule has 0 aromatic heterocycles. The van der Waals surface area contributed by atoms with Crippen molar-refractivity contribution in [2.45, 2.75) is 50.8 Å². The molecular weight excluding hydrogens is 176 g/mol. The van der Waals surface area contributed by atoms with Crippen molar-refractivity contribution < 1.29 is 5.11 Å². The highest BCUT2D eigenvalue weighted by molar-refractivity contribution is 4.87. The van der Waals surface area contributed by atoms with Gasteiger partial charge in [-0.3, -0.25) is 4.90 Å². The van der Waals surface area contributed by atoms with Gasteiger partial charge in [-0.1, -0.05) is 12.8 Å². The largest absolute Gasteiger partial charge is 0.391 e. The maximum atomic E-state index is 9.95. The summed E-state index contributed by atoms with van der Waals surface area (Å²) < 4.78 is 0. The zero-order valence-electron chi connectivity index (χ0n) is 9.08. The third-order valence-corrected chi connectivity index (χ3v) is 3.56. The van der Waals surface area contributed by atoms with Crippen LogP contribution >= 0.6 is 0 Å². The summed E-state index contributed by atoms with van der Waals surface area (Å²) in [6.45, 7) is 5.50. The number of aliphatic hydroxyl groups is 1. The first-order chi connectivity index (χ1) is 6.77. The van der Waals surface area contributed by atoms with Crippen molar-refractivity contribution in [3.63, 3.8) is 0 Å². The first kappa shape index (κ1) is 10.4. The zero-order chi connectivity index (χ0) is 9.97. The Morgan fingerprint density at radius 1 is 1.29 bits per heavy atom. The molecule has 1 saturated heterocycles. The van der Waals surface area contributed by atoms with E-state index in [-0.39, 0.29) is 6.10 Å². The highest BCUT2D eigenvalue weighted by Gasteiger charge is 2.30. The summed E-state index contributed by atoms with van der Waals surface area (Å²) in [4.78, 5) is 2.48. The van der Waals surface area contributed by atoms with Gasteiger partial charge < -0.3 is 10.4 Å². The molecule has 0 radical (unpaired) electrons. The minimum absolute atomic E-state index is 0.0750. The lowest BCUT2D eigenvalue weighted by Gasteiger charge is -2.41. The minimum Gasteiger partial charge on any atom is -0.391 e. The lowest BCUT2D eigenvalue weighted by Crippen LogP contribution is -2.56. The van der Waals surface area contributed by atoms with E-state index in [0.29, 0.717) is 12.1 Å². The second kappa shape index (κ2) is 4.60. The molecular formula is C11H22N2O. The molecule has 0 aromatic rings. The number of nitrogens with zero attached hydrogens (tertiary/aromatic N) is 1. The molecule has 1 saturated carbocycles. The number of piperazine rings is 1. The maximum absolute atomic E-state index is 9.95. The quantitative estimate of drug-likeness (QED) is 0.647. The third-order valence-electron chi connectivity index (χ3n) is 3.56. The van der Waals surface area contributed by atoms with Crippen LogP contribution in [0, 0.1) is 0 Å². The van der Waals surface area contributed by atoms with Crippen LogP contribution in [0.5, 0.6) is 0 Å². The number of nitrogens with one attached hydrogen (secondary N) is 1. The molecule has 0 bridgehead atoms. The number of hydrogen-bond donors (Lipinski definition) is 2. The fourth-order valence-corrected chi connectivity index (χ4v) is 2.78. The SMILES string of the molecule is C[C@H]1CN(C2CCCCC2O)CCN1. The predicted octanol–water partition coefficient (Wildman–Crippen LogP) is 0.584. The van der Waals surface area contributed by atoms with Crippen LogP contribution in [-0.2, 0) is 0 Å². The smallest absolute Gasteiger partial charge is 0.0695 e. The molecule has 1 aliphatic heterocycles. The van der Waals surface area contributed by atoms with E-state index < -0.39 is 0 Å². The van der Waals surface area contributed by atoms with E-state index in [9.17, 15) is 5.11 Å². The third kappa shape index (κ3) is 2.27. The second-order valence-electron chi connectivity index (χ2n) is 4.77. The number of rotatable bonds is 1. The van der Waals surface area contributed by atoms with Crippen molar-refractivity contribution in [2.24, 2.45) is 0 Å². The molecule has 14 heavy (non-hydrogen) atoms. The van der Waals surface area contributed by atoms with Crippen molar-refractivity contribution in [1.29, 1.82) is 0 Å². The van der Waals surface area contributed by atoms with Crippen LogP contribution < -0.4 is 5.32 Å². The average molecular weight is 198 g/mol. The van der Waals surface area contributed by atoms with Gasteiger partial charge in [-0.15, -0.1) is 0 Å². The highest BCUT2D eigenvalue weighted by atomic mass is 16.3. The summed E-state index contributed by atoms with van der Waals surface area (Å²) in [6.07, 6.45) is 4.62. The van der Waals surface area contributed by atoms with Gasteiger partial charge >= 0.3 is 0 Å². The Bertz CT molecular complexity index is 186. The molecule has 3 atom stereocenters. The van der Waals surface area contributed by atoms with Crippen LogP contribution in [0.15, 0.2) is 0 Å². The van der Waals surface area contributed by atoms with E-state index in [2.05, 4.69) is 17.1 Å². The van der Waals surface area contributed by atoms with Crippen molar-refractivity contribution in [3.8, 4) is 0 Å². The monoisotopic (exact) mass is 198 g/mol. The Morgan fingerprint density at radius 2 is 2.07 bits per heavy atom. The molecule has 3 nitrogen and oxygen atoms in total. The Kier molecular flexibility index (Phi) is 3.42. The second-order valence-corrected chi connectivity index (χ2v) is 4.77. The summed E-state index contributed by atoms with van der Waals surface area (Å²) in [6, 6.07) is 1.02. The van der Waals surface area contributed by atoms with Crippen molar-refractivity contribution in [3.05, 3.63) is 0 Å². The van der Waals surface area contributed by atoms with Crippen LogP contribution in [0.2, 0.25) is 0 Å². The summed E-state index contributed by atoms with van der Waals surface area (Å²) in [5.74, 6) is 0. The molecule has 2 unspecified atom stereocenters. The first-order valence-electron chi connectivity index (χ1n) is 5.93. The van der Waals surface area contributed by atoms with E-state index >= 15 is 0 Å². The lowest BCUT2D eigenvalue weighted by molar-refractivity contribution is 0.00824. The van der Waals surface area contributed by atoms with Crippen LogP contribution in [0.3, 0.4) is 0 Å². The Hall–Kier alpha value is -0.120. The average Bonchev–Trinajstić information content (AvgIpc) is 2.18. The van der Waals surface area contributed by atoms with Crippen LogP contribution in [0.25, 0.3) is 0 Å². The van der Waals surface area contributed by atoms with Gasteiger partial charge in [-0.2, -0.15) is 0 Å². The molecule has 82 valence electrons. The summed E-state index contributed by atoms with van der Waals surface area (Å²) >= 11 is 0. The van der Waals surface area contributed by atoms with Gasteiger partial charge in [0.15, 0.2) is 0 Å². The van der Waals surface area contributed by atoms with Gasteiger partial charge in [0.2, 0.25) is 0 Å². The molecule has 2 aliphatic rings. The molecule has 2 N–H and O–H groups in total.